The molecule has 1 aliphatic heterocycles. The number of carbonyl (C=O) groups excluding carboxylic acids is 2. The highest BCUT2D eigenvalue weighted by molar-refractivity contribution is 7.99. The van der Waals surface area contributed by atoms with Crippen molar-refractivity contribution in [1.82, 2.24) is 20.1 Å². The first-order chi connectivity index (χ1) is 8.20. The Hall–Kier alpha value is -1.37. The Bertz CT molecular complexity index is 416. The highest BCUT2D eigenvalue weighted by Crippen LogP contribution is 2.16. The van der Waals surface area contributed by atoms with Crippen LogP contribution in [-0.2, 0) is 16.0 Å². The SMILES string of the molecule is CCc1nc(SCCN2C(=O)CCC2=O)n[nH]1. The van der Waals surface area contributed by atoms with E-state index < -0.39 is 0 Å². The molecule has 0 aromatic carbocycles. The Balaban J connectivity index is 1.79. The molecule has 2 amide bonds. The first-order valence-corrected chi connectivity index (χ1v) is 6.56. The average Bonchev–Trinajstić information content (AvgIpc) is 2.90. The van der Waals surface area contributed by atoms with Gasteiger partial charge in [-0.1, -0.05) is 18.7 Å². The predicted octanol–water partition coefficient (Wildman–Crippen LogP) is 0.608. The molecule has 1 fully saturated rings. The molecule has 92 valence electrons. The summed E-state index contributed by atoms with van der Waals surface area (Å²) in [6.45, 7) is 2.44. The van der Waals surface area contributed by atoms with E-state index in [1.807, 2.05) is 6.92 Å². The van der Waals surface area contributed by atoms with Gasteiger partial charge in [-0.2, -0.15) is 0 Å². The van der Waals surface area contributed by atoms with Gasteiger partial charge in [0.2, 0.25) is 17.0 Å². The van der Waals surface area contributed by atoms with Crippen LogP contribution in [-0.4, -0.2) is 44.2 Å². The van der Waals surface area contributed by atoms with Gasteiger partial charge in [0.15, 0.2) is 0 Å². The van der Waals surface area contributed by atoms with Crippen LogP contribution in [0.15, 0.2) is 5.16 Å². The largest absolute Gasteiger partial charge is 0.282 e. The van der Waals surface area contributed by atoms with Gasteiger partial charge in [0, 0.05) is 31.6 Å². The van der Waals surface area contributed by atoms with E-state index in [1.54, 1.807) is 0 Å². The molecule has 0 unspecified atom stereocenters. The van der Waals surface area contributed by atoms with Crippen LogP contribution in [0.25, 0.3) is 0 Å². The summed E-state index contributed by atoms with van der Waals surface area (Å²) in [7, 11) is 0. The van der Waals surface area contributed by atoms with Gasteiger partial charge in [0.1, 0.15) is 5.82 Å². The molecule has 17 heavy (non-hydrogen) atoms. The lowest BCUT2D eigenvalue weighted by Gasteiger charge is -2.11. The van der Waals surface area contributed by atoms with Crippen LogP contribution >= 0.6 is 11.8 Å². The van der Waals surface area contributed by atoms with Crippen molar-refractivity contribution in [1.29, 1.82) is 0 Å². The van der Waals surface area contributed by atoms with Gasteiger partial charge in [-0.15, -0.1) is 5.10 Å². The molecule has 0 bridgehead atoms. The third-order valence-electron chi connectivity index (χ3n) is 2.55. The Kier molecular flexibility index (Phi) is 3.78. The second-order valence-corrected chi connectivity index (χ2v) is 4.77. The summed E-state index contributed by atoms with van der Waals surface area (Å²) in [5.74, 6) is 1.35. The number of rotatable bonds is 5. The minimum absolute atomic E-state index is 0.0696. The molecule has 1 saturated heterocycles. The first kappa shape index (κ1) is 12.1. The molecule has 2 rings (SSSR count). The third-order valence-corrected chi connectivity index (χ3v) is 3.37. The van der Waals surface area contributed by atoms with Crippen molar-refractivity contribution < 1.29 is 9.59 Å². The molecular weight excluding hydrogens is 240 g/mol. The standard InChI is InChI=1S/C10H14N4O2S/c1-2-7-11-10(13-12-7)17-6-5-14-8(15)3-4-9(14)16/h2-6H2,1H3,(H,11,12,13). The minimum atomic E-state index is -0.0696. The summed E-state index contributed by atoms with van der Waals surface area (Å²) in [5.41, 5.74) is 0. The molecule has 1 N–H and O–H groups in total. The molecule has 6 nitrogen and oxygen atoms in total. The van der Waals surface area contributed by atoms with E-state index in [0.29, 0.717) is 30.3 Å². The molecule has 1 aromatic heterocycles. The van der Waals surface area contributed by atoms with E-state index in [4.69, 9.17) is 0 Å². The zero-order valence-corrected chi connectivity index (χ0v) is 10.4. The smallest absolute Gasteiger partial charge is 0.229 e. The zero-order chi connectivity index (χ0) is 12.3. The number of thioether (sulfide) groups is 1. The second-order valence-electron chi connectivity index (χ2n) is 3.71. The van der Waals surface area contributed by atoms with Crippen LogP contribution in [0.1, 0.15) is 25.6 Å². The lowest BCUT2D eigenvalue weighted by atomic mass is 10.4. The van der Waals surface area contributed by atoms with E-state index in [-0.39, 0.29) is 11.8 Å². The number of likely N-dealkylation sites (tertiary alicyclic amines) is 1. The van der Waals surface area contributed by atoms with Crippen LogP contribution in [0.4, 0.5) is 0 Å². The number of nitrogens with one attached hydrogen (secondary N) is 1. The number of hydrogen-bond donors (Lipinski definition) is 1. The quantitative estimate of drug-likeness (QED) is 0.615. The second kappa shape index (κ2) is 5.31. The maximum absolute atomic E-state index is 11.3. The van der Waals surface area contributed by atoms with Crippen molar-refractivity contribution in [2.75, 3.05) is 12.3 Å². The molecule has 2 heterocycles. The fraction of sp³-hybridized carbons (Fsp3) is 0.600. The maximum atomic E-state index is 11.3. The number of amides is 2. The average molecular weight is 254 g/mol. The molecule has 0 atom stereocenters. The molecule has 0 aliphatic carbocycles. The van der Waals surface area contributed by atoms with E-state index >= 15 is 0 Å². The number of hydrogen-bond acceptors (Lipinski definition) is 5. The van der Waals surface area contributed by atoms with E-state index in [2.05, 4.69) is 15.2 Å². The maximum Gasteiger partial charge on any atom is 0.229 e. The minimum Gasteiger partial charge on any atom is -0.282 e. The number of H-pyrrole nitrogens is 1. The Morgan fingerprint density at radius 1 is 1.35 bits per heavy atom. The van der Waals surface area contributed by atoms with Gasteiger partial charge in [-0.05, 0) is 0 Å². The van der Waals surface area contributed by atoms with Gasteiger partial charge < -0.3 is 0 Å². The fourth-order valence-corrected chi connectivity index (χ4v) is 2.34. The first-order valence-electron chi connectivity index (χ1n) is 5.58. The lowest BCUT2D eigenvalue weighted by molar-refractivity contribution is -0.137. The Morgan fingerprint density at radius 2 is 2.06 bits per heavy atom. The lowest BCUT2D eigenvalue weighted by Crippen LogP contribution is -2.31. The zero-order valence-electron chi connectivity index (χ0n) is 9.60. The van der Waals surface area contributed by atoms with Crippen LogP contribution < -0.4 is 0 Å². The van der Waals surface area contributed by atoms with Crippen LogP contribution in [0.5, 0.6) is 0 Å². The molecule has 0 spiro atoms. The van der Waals surface area contributed by atoms with E-state index in [0.717, 1.165) is 12.2 Å². The predicted molar refractivity (Wildman–Crippen MR) is 62.4 cm³/mol. The summed E-state index contributed by atoms with van der Waals surface area (Å²) >= 11 is 1.45. The normalized spacial score (nSPS) is 15.9. The highest BCUT2D eigenvalue weighted by Gasteiger charge is 2.28. The third kappa shape index (κ3) is 2.85. The van der Waals surface area contributed by atoms with Gasteiger partial charge in [0.05, 0.1) is 0 Å². The molecule has 1 aromatic rings. The molecular formula is C10H14N4O2S. The van der Waals surface area contributed by atoms with Crippen LogP contribution in [0.3, 0.4) is 0 Å². The summed E-state index contributed by atoms with van der Waals surface area (Å²) in [6.07, 6.45) is 1.52. The van der Waals surface area contributed by atoms with Crippen LogP contribution in [0.2, 0.25) is 0 Å². The van der Waals surface area contributed by atoms with Crippen molar-refractivity contribution >= 4 is 23.6 Å². The van der Waals surface area contributed by atoms with Crippen molar-refractivity contribution in [2.24, 2.45) is 0 Å². The van der Waals surface area contributed by atoms with Gasteiger partial charge in [-0.3, -0.25) is 19.6 Å². The summed E-state index contributed by atoms with van der Waals surface area (Å²) in [4.78, 5) is 28.2. The number of aromatic nitrogens is 3. The van der Waals surface area contributed by atoms with Crippen LogP contribution in [0, 0.1) is 0 Å². The number of carbonyl (C=O) groups is 2. The van der Waals surface area contributed by atoms with Crippen molar-refractivity contribution in [3.8, 4) is 0 Å². The fourth-order valence-electron chi connectivity index (χ4n) is 1.60. The number of imide groups is 1. The van der Waals surface area contributed by atoms with E-state index in [1.165, 1.54) is 16.7 Å². The monoisotopic (exact) mass is 254 g/mol. The molecule has 7 heteroatoms. The van der Waals surface area contributed by atoms with Gasteiger partial charge in [-0.25, -0.2) is 4.98 Å². The molecule has 0 saturated carbocycles. The number of aromatic amines is 1. The Labute approximate surface area is 103 Å². The highest BCUT2D eigenvalue weighted by atomic mass is 32.2. The Morgan fingerprint density at radius 3 is 2.65 bits per heavy atom. The summed E-state index contributed by atoms with van der Waals surface area (Å²) in [5, 5.41) is 7.52. The van der Waals surface area contributed by atoms with Gasteiger partial charge in [0.25, 0.3) is 0 Å². The van der Waals surface area contributed by atoms with Gasteiger partial charge >= 0.3 is 0 Å². The van der Waals surface area contributed by atoms with E-state index in [9.17, 15) is 9.59 Å². The topological polar surface area (TPSA) is 79.0 Å². The molecule has 0 radical (unpaired) electrons. The van der Waals surface area contributed by atoms with Crippen molar-refractivity contribution in [3.05, 3.63) is 5.82 Å². The molecule has 1 aliphatic rings. The summed E-state index contributed by atoms with van der Waals surface area (Å²) in [6, 6.07) is 0. The van der Waals surface area contributed by atoms with Crippen molar-refractivity contribution in [2.45, 2.75) is 31.3 Å². The summed E-state index contributed by atoms with van der Waals surface area (Å²) < 4.78 is 0. The van der Waals surface area contributed by atoms with Crippen molar-refractivity contribution in [3.63, 3.8) is 0 Å². The number of aryl methyl sites for hydroxylation is 1. The number of nitrogens with zero attached hydrogens (tertiary/aromatic N) is 3.